The van der Waals surface area contributed by atoms with Crippen LogP contribution in [-0.4, -0.2) is 59.5 Å². The highest BCUT2D eigenvalue weighted by Crippen LogP contribution is 2.31. The SMILES string of the molecule is CCCCOC(=O)N[C@H](C(=S)N1CCC[C@H]1C(=O)NCC1CCC(C(=N)N)CC1)C(C)(C)Cc1ccccc1. The Balaban J connectivity index is 1.68. The van der Waals surface area contributed by atoms with Crippen molar-refractivity contribution >= 4 is 35.0 Å². The third kappa shape index (κ3) is 8.92. The molecule has 0 radical (unpaired) electrons. The number of likely N-dealkylation sites (tertiary alicyclic amines) is 1. The van der Waals surface area contributed by atoms with E-state index in [0.29, 0.717) is 37.0 Å². The minimum atomic E-state index is -0.475. The first-order valence-electron chi connectivity index (χ1n) is 14.5. The number of alkyl carbamates (subject to hydrolysis) is 1. The van der Waals surface area contributed by atoms with Crippen LogP contribution in [0.3, 0.4) is 0 Å². The van der Waals surface area contributed by atoms with Crippen LogP contribution < -0.4 is 16.4 Å². The van der Waals surface area contributed by atoms with E-state index in [0.717, 1.165) is 56.9 Å². The summed E-state index contributed by atoms with van der Waals surface area (Å²) in [5.41, 5.74) is 6.42. The smallest absolute Gasteiger partial charge is 0.407 e. The Morgan fingerprint density at radius 2 is 1.87 bits per heavy atom. The third-order valence-corrected chi connectivity index (χ3v) is 8.68. The highest BCUT2D eigenvalue weighted by Gasteiger charge is 2.41. The summed E-state index contributed by atoms with van der Waals surface area (Å²) in [6.45, 7) is 7.94. The predicted molar refractivity (Wildman–Crippen MR) is 160 cm³/mol. The molecule has 39 heavy (non-hydrogen) atoms. The Hall–Kier alpha value is -2.68. The molecule has 0 bridgehead atoms. The number of nitrogens with one attached hydrogen (secondary N) is 3. The number of nitrogens with zero attached hydrogens (tertiary/aromatic N) is 1. The first-order valence-corrected chi connectivity index (χ1v) is 14.9. The summed E-state index contributed by atoms with van der Waals surface area (Å²) in [5.74, 6) is 0.856. The second-order valence-electron chi connectivity index (χ2n) is 11.8. The van der Waals surface area contributed by atoms with Gasteiger partial charge in [-0.05, 0) is 68.3 Å². The fourth-order valence-corrected chi connectivity index (χ4v) is 6.39. The van der Waals surface area contributed by atoms with Crippen molar-refractivity contribution in [2.75, 3.05) is 19.7 Å². The summed E-state index contributed by atoms with van der Waals surface area (Å²) in [6, 6.07) is 9.35. The number of thiocarbonyl (C=S) groups is 1. The average Bonchev–Trinajstić information content (AvgIpc) is 3.41. The molecule has 2 aliphatic rings. The zero-order valence-corrected chi connectivity index (χ0v) is 24.7. The Labute approximate surface area is 239 Å². The molecule has 1 saturated carbocycles. The molecule has 1 aliphatic carbocycles. The van der Waals surface area contributed by atoms with E-state index in [2.05, 4.69) is 43.5 Å². The molecular weight excluding hydrogens is 510 g/mol. The number of rotatable bonds is 12. The Kier molecular flexibility index (Phi) is 11.6. The number of unbranched alkanes of at least 4 members (excludes halogenated alkanes) is 1. The summed E-state index contributed by atoms with van der Waals surface area (Å²) < 4.78 is 5.44. The van der Waals surface area contributed by atoms with Gasteiger partial charge in [-0.3, -0.25) is 10.2 Å². The van der Waals surface area contributed by atoms with Gasteiger partial charge in [0.2, 0.25) is 5.91 Å². The molecule has 0 aromatic heterocycles. The number of hydrogen-bond donors (Lipinski definition) is 4. The number of benzene rings is 1. The molecule has 2 atom stereocenters. The van der Waals surface area contributed by atoms with Gasteiger partial charge in [-0.25, -0.2) is 4.79 Å². The maximum atomic E-state index is 13.4. The highest BCUT2D eigenvalue weighted by molar-refractivity contribution is 7.80. The number of hydrogen-bond acceptors (Lipinski definition) is 5. The van der Waals surface area contributed by atoms with Crippen molar-refractivity contribution in [3.63, 3.8) is 0 Å². The van der Waals surface area contributed by atoms with Gasteiger partial charge < -0.3 is 26.0 Å². The molecule has 0 spiro atoms. The second kappa shape index (κ2) is 14.6. The van der Waals surface area contributed by atoms with Crippen molar-refractivity contribution in [1.29, 1.82) is 5.41 Å². The fourth-order valence-electron chi connectivity index (χ4n) is 5.79. The molecule has 216 valence electrons. The summed E-state index contributed by atoms with van der Waals surface area (Å²) in [5, 5.41) is 13.9. The first-order chi connectivity index (χ1) is 18.6. The molecule has 0 unspecified atom stereocenters. The van der Waals surface area contributed by atoms with Crippen LogP contribution >= 0.6 is 12.2 Å². The number of ether oxygens (including phenoxy) is 1. The first kappa shape index (κ1) is 30.9. The standard InChI is InChI=1S/C30H47N5O3S/c1-4-5-18-38-29(37)34-25(30(2,3)19-21-10-7-6-8-11-21)28(39)35-17-9-12-24(35)27(36)33-20-22-13-15-23(16-14-22)26(31)32/h6-8,10-11,22-25H,4-5,9,12-20H2,1-3H3,(H3,31,32)(H,33,36)(H,34,37)/t22?,23?,24-,25+/m0/s1. The van der Waals surface area contributed by atoms with Crippen molar-refractivity contribution in [3.8, 4) is 0 Å². The van der Waals surface area contributed by atoms with E-state index in [1.165, 1.54) is 0 Å². The Morgan fingerprint density at radius 3 is 2.51 bits per heavy atom. The molecule has 2 amide bonds. The van der Waals surface area contributed by atoms with Crippen LogP contribution in [0, 0.1) is 22.7 Å². The second-order valence-corrected chi connectivity index (χ2v) is 12.2. The average molecular weight is 558 g/mol. The quantitative estimate of drug-likeness (QED) is 0.127. The lowest BCUT2D eigenvalue weighted by Crippen LogP contribution is -2.58. The number of carbonyl (C=O) groups excluding carboxylic acids is 2. The van der Waals surface area contributed by atoms with Gasteiger partial charge in [-0.1, -0.05) is 69.7 Å². The fraction of sp³-hybridized carbons (Fsp3) is 0.667. The maximum absolute atomic E-state index is 13.4. The normalized spacial score (nSPS) is 22.1. The lowest BCUT2D eigenvalue weighted by atomic mass is 9.78. The summed E-state index contributed by atoms with van der Waals surface area (Å²) >= 11 is 6.04. The van der Waals surface area contributed by atoms with Crippen LogP contribution in [0.4, 0.5) is 4.79 Å². The number of nitrogens with two attached hydrogens (primary N) is 1. The van der Waals surface area contributed by atoms with Crippen molar-refractivity contribution < 1.29 is 14.3 Å². The van der Waals surface area contributed by atoms with E-state index < -0.39 is 17.6 Å². The van der Waals surface area contributed by atoms with Crippen LogP contribution in [0.5, 0.6) is 0 Å². The highest BCUT2D eigenvalue weighted by atomic mass is 32.1. The molecule has 9 heteroatoms. The van der Waals surface area contributed by atoms with Gasteiger partial charge >= 0.3 is 6.09 Å². The summed E-state index contributed by atoms with van der Waals surface area (Å²) in [6.07, 6.45) is 7.35. The van der Waals surface area contributed by atoms with Gasteiger partial charge in [0.1, 0.15) is 11.0 Å². The molecule has 5 N–H and O–H groups in total. The molecule has 2 fully saturated rings. The van der Waals surface area contributed by atoms with Gasteiger partial charge in [-0.2, -0.15) is 0 Å². The van der Waals surface area contributed by atoms with E-state index >= 15 is 0 Å². The van der Waals surface area contributed by atoms with Crippen molar-refractivity contribution in [1.82, 2.24) is 15.5 Å². The molecule has 1 aromatic rings. The Bertz CT molecular complexity index is 978. The third-order valence-electron chi connectivity index (χ3n) is 8.21. The molecule has 1 heterocycles. The monoisotopic (exact) mass is 557 g/mol. The van der Waals surface area contributed by atoms with Crippen molar-refractivity contribution in [3.05, 3.63) is 35.9 Å². The summed E-state index contributed by atoms with van der Waals surface area (Å²) in [7, 11) is 0. The van der Waals surface area contributed by atoms with Crippen molar-refractivity contribution in [2.45, 2.75) is 90.6 Å². The van der Waals surface area contributed by atoms with Gasteiger partial charge in [-0.15, -0.1) is 0 Å². The molecule has 8 nitrogen and oxygen atoms in total. The van der Waals surface area contributed by atoms with Crippen LogP contribution in [0.25, 0.3) is 0 Å². The van der Waals surface area contributed by atoms with Gasteiger partial charge in [0.15, 0.2) is 0 Å². The lowest BCUT2D eigenvalue weighted by molar-refractivity contribution is -0.124. The van der Waals surface area contributed by atoms with Gasteiger partial charge in [0.25, 0.3) is 0 Å². The lowest BCUT2D eigenvalue weighted by Gasteiger charge is -2.40. The minimum Gasteiger partial charge on any atom is -0.450 e. The predicted octanol–water partition coefficient (Wildman–Crippen LogP) is 4.80. The molecular formula is C30H47N5O3S. The maximum Gasteiger partial charge on any atom is 0.407 e. The molecule has 3 rings (SSSR count). The van der Waals surface area contributed by atoms with E-state index in [4.69, 9.17) is 28.1 Å². The van der Waals surface area contributed by atoms with E-state index in [-0.39, 0.29) is 23.7 Å². The summed E-state index contributed by atoms with van der Waals surface area (Å²) in [4.78, 5) is 28.8. The van der Waals surface area contributed by atoms with Crippen LogP contribution in [-0.2, 0) is 16.0 Å². The topological polar surface area (TPSA) is 121 Å². The number of amidine groups is 1. The van der Waals surface area contributed by atoms with E-state index in [1.54, 1.807) is 0 Å². The zero-order valence-electron chi connectivity index (χ0n) is 23.8. The zero-order chi connectivity index (χ0) is 28.4. The Morgan fingerprint density at radius 1 is 1.18 bits per heavy atom. The van der Waals surface area contributed by atoms with Gasteiger partial charge in [0.05, 0.1) is 18.5 Å². The van der Waals surface area contributed by atoms with E-state index in [1.807, 2.05) is 23.1 Å². The van der Waals surface area contributed by atoms with Crippen LogP contribution in [0.1, 0.15) is 77.7 Å². The molecule has 1 aliphatic heterocycles. The largest absolute Gasteiger partial charge is 0.450 e. The van der Waals surface area contributed by atoms with Crippen LogP contribution in [0.2, 0.25) is 0 Å². The molecule has 1 aromatic carbocycles. The van der Waals surface area contributed by atoms with Crippen molar-refractivity contribution in [2.24, 2.45) is 23.0 Å². The number of carbonyl (C=O) groups is 2. The minimum absolute atomic E-state index is 0.00585. The number of amides is 2. The molecule has 1 saturated heterocycles. The van der Waals surface area contributed by atoms with E-state index in [9.17, 15) is 9.59 Å². The van der Waals surface area contributed by atoms with Gasteiger partial charge in [0, 0.05) is 19.0 Å². The van der Waals surface area contributed by atoms with Crippen LogP contribution in [0.15, 0.2) is 30.3 Å².